The molecule has 7 nitrogen and oxygen atoms in total. The van der Waals surface area contributed by atoms with E-state index in [2.05, 4.69) is 9.82 Å². The summed E-state index contributed by atoms with van der Waals surface area (Å²) in [5.74, 6) is 0.638. The molecule has 21 heavy (non-hydrogen) atoms. The van der Waals surface area contributed by atoms with Gasteiger partial charge in [-0.25, -0.2) is 13.1 Å². The van der Waals surface area contributed by atoms with Gasteiger partial charge in [-0.3, -0.25) is 4.68 Å². The number of benzene rings is 1. The number of para-hydroxylation sites is 1. The second-order valence-electron chi connectivity index (χ2n) is 4.36. The average molecular weight is 310 g/mol. The fourth-order valence-electron chi connectivity index (χ4n) is 1.84. The lowest BCUT2D eigenvalue weighted by atomic mass is 10.2. The number of methoxy groups -OCH3 is 1. The third kappa shape index (κ3) is 3.81. The van der Waals surface area contributed by atoms with Crippen molar-refractivity contribution in [3.05, 3.63) is 42.2 Å². The summed E-state index contributed by atoms with van der Waals surface area (Å²) >= 11 is 0. The fraction of sp³-hybridized carbons (Fsp3) is 0.308. The van der Waals surface area contributed by atoms with Gasteiger partial charge in [0.25, 0.3) is 0 Å². The third-order valence-corrected chi connectivity index (χ3v) is 4.28. The standard InChI is InChI=1S/C13H18N4O3S/c1-20-13-5-3-2-4-11(13)8-16-21(18,19)12-9-15-17(10-12)7-6-14/h2-5,9-10,16H,6-8,14H2,1H3. The van der Waals surface area contributed by atoms with Crippen molar-refractivity contribution >= 4 is 10.0 Å². The zero-order valence-corrected chi connectivity index (χ0v) is 12.5. The Morgan fingerprint density at radius 2 is 2.14 bits per heavy atom. The molecular formula is C13H18N4O3S. The fourth-order valence-corrected chi connectivity index (χ4v) is 2.80. The van der Waals surface area contributed by atoms with Crippen molar-refractivity contribution in [3.63, 3.8) is 0 Å². The van der Waals surface area contributed by atoms with Crippen molar-refractivity contribution in [2.45, 2.75) is 18.0 Å². The Morgan fingerprint density at radius 1 is 1.38 bits per heavy atom. The molecule has 0 aliphatic heterocycles. The number of ether oxygens (including phenoxy) is 1. The predicted octanol–water partition coefficient (Wildman–Crippen LogP) is 0.329. The van der Waals surface area contributed by atoms with E-state index in [1.54, 1.807) is 19.2 Å². The zero-order chi connectivity index (χ0) is 15.3. The second kappa shape index (κ2) is 6.70. The Labute approximate surface area is 123 Å². The molecule has 1 aromatic carbocycles. The predicted molar refractivity (Wildman–Crippen MR) is 78.3 cm³/mol. The molecule has 8 heteroatoms. The molecule has 2 aromatic rings. The van der Waals surface area contributed by atoms with Gasteiger partial charge in [0.15, 0.2) is 0 Å². The first-order valence-electron chi connectivity index (χ1n) is 6.41. The van der Waals surface area contributed by atoms with Crippen LogP contribution in [0.4, 0.5) is 0 Å². The molecule has 0 bridgehead atoms. The van der Waals surface area contributed by atoms with Crippen LogP contribution in [0.15, 0.2) is 41.6 Å². The maximum atomic E-state index is 12.2. The number of nitrogens with one attached hydrogen (secondary N) is 1. The average Bonchev–Trinajstić information content (AvgIpc) is 2.95. The van der Waals surface area contributed by atoms with E-state index in [9.17, 15) is 8.42 Å². The molecule has 2 rings (SSSR count). The number of hydrogen-bond acceptors (Lipinski definition) is 5. The summed E-state index contributed by atoms with van der Waals surface area (Å²) in [6.45, 7) is 1.02. The summed E-state index contributed by atoms with van der Waals surface area (Å²) in [4.78, 5) is 0.117. The van der Waals surface area contributed by atoms with Crippen LogP contribution in [0.2, 0.25) is 0 Å². The van der Waals surface area contributed by atoms with E-state index in [-0.39, 0.29) is 11.4 Å². The molecular weight excluding hydrogens is 292 g/mol. The molecule has 0 radical (unpaired) electrons. The highest BCUT2D eigenvalue weighted by Gasteiger charge is 2.16. The molecule has 114 valence electrons. The zero-order valence-electron chi connectivity index (χ0n) is 11.7. The van der Waals surface area contributed by atoms with Gasteiger partial charge in [-0.05, 0) is 6.07 Å². The van der Waals surface area contributed by atoms with Gasteiger partial charge in [0, 0.05) is 24.8 Å². The van der Waals surface area contributed by atoms with Crippen molar-refractivity contribution in [3.8, 4) is 5.75 Å². The Balaban J connectivity index is 2.10. The highest BCUT2D eigenvalue weighted by molar-refractivity contribution is 7.89. The summed E-state index contributed by atoms with van der Waals surface area (Å²) in [7, 11) is -2.06. The summed E-state index contributed by atoms with van der Waals surface area (Å²) < 4.78 is 33.6. The van der Waals surface area contributed by atoms with E-state index in [1.165, 1.54) is 17.1 Å². The number of nitrogens with two attached hydrogens (primary N) is 1. The van der Waals surface area contributed by atoms with E-state index in [4.69, 9.17) is 10.5 Å². The van der Waals surface area contributed by atoms with E-state index >= 15 is 0 Å². The number of sulfonamides is 1. The molecule has 0 spiro atoms. The Bertz CT molecular complexity index is 697. The van der Waals surface area contributed by atoms with Gasteiger partial charge in [-0.1, -0.05) is 18.2 Å². The summed E-state index contributed by atoms with van der Waals surface area (Å²) in [5.41, 5.74) is 6.17. The second-order valence-corrected chi connectivity index (χ2v) is 6.13. The largest absolute Gasteiger partial charge is 0.496 e. The molecule has 1 heterocycles. The van der Waals surface area contributed by atoms with Crippen LogP contribution in [-0.4, -0.2) is 31.9 Å². The minimum Gasteiger partial charge on any atom is -0.496 e. The van der Waals surface area contributed by atoms with Crippen LogP contribution in [-0.2, 0) is 23.1 Å². The quantitative estimate of drug-likeness (QED) is 0.768. The maximum Gasteiger partial charge on any atom is 0.243 e. The van der Waals surface area contributed by atoms with Gasteiger partial charge in [0.2, 0.25) is 10.0 Å². The Hall–Kier alpha value is -1.90. The lowest BCUT2D eigenvalue weighted by Gasteiger charge is -2.09. The van der Waals surface area contributed by atoms with Crippen LogP contribution in [0.25, 0.3) is 0 Å². The molecule has 0 unspecified atom stereocenters. The summed E-state index contributed by atoms with van der Waals surface area (Å²) in [5, 5.41) is 3.95. The van der Waals surface area contributed by atoms with Gasteiger partial charge in [0.05, 0.1) is 19.9 Å². The number of nitrogens with zero attached hydrogens (tertiary/aromatic N) is 2. The van der Waals surface area contributed by atoms with E-state index in [0.717, 1.165) is 5.56 Å². The monoisotopic (exact) mass is 310 g/mol. The lowest BCUT2D eigenvalue weighted by Crippen LogP contribution is -2.23. The highest BCUT2D eigenvalue weighted by atomic mass is 32.2. The van der Waals surface area contributed by atoms with Crippen LogP contribution in [0.3, 0.4) is 0 Å². The van der Waals surface area contributed by atoms with Gasteiger partial charge >= 0.3 is 0 Å². The number of rotatable bonds is 7. The topological polar surface area (TPSA) is 99.2 Å². The molecule has 1 aromatic heterocycles. The number of aromatic nitrogens is 2. The van der Waals surface area contributed by atoms with Crippen LogP contribution < -0.4 is 15.2 Å². The van der Waals surface area contributed by atoms with E-state index in [0.29, 0.717) is 18.8 Å². The molecule has 3 N–H and O–H groups in total. The van der Waals surface area contributed by atoms with Crippen LogP contribution in [0, 0.1) is 0 Å². The molecule has 0 aliphatic carbocycles. The minimum absolute atomic E-state index is 0.117. The molecule has 0 saturated heterocycles. The summed E-state index contributed by atoms with van der Waals surface area (Å²) in [6.07, 6.45) is 2.76. The molecule has 0 aliphatic rings. The molecule has 0 atom stereocenters. The van der Waals surface area contributed by atoms with Crippen molar-refractivity contribution in [1.29, 1.82) is 0 Å². The number of hydrogen-bond donors (Lipinski definition) is 2. The van der Waals surface area contributed by atoms with Crippen molar-refractivity contribution in [2.24, 2.45) is 5.73 Å². The molecule has 0 saturated carbocycles. The molecule has 0 fully saturated rings. The van der Waals surface area contributed by atoms with Gasteiger partial charge in [-0.15, -0.1) is 0 Å². The highest BCUT2D eigenvalue weighted by Crippen LogP contribution is 2.17. The van der Waals surface area contributed by atoms with Crippen LogP contribution >= 0.6 is 0 Å². The van der Waals surface area contributed by atoms with E-state index < -0.39 is 10.0 Å². The molecule has 0 amide bonds. The van der Waals surface area contributed by atoms with Crippen molar-refractivity contribution in [1.82, 2.24) is 14.5 Å². The van der Waals surface area contributed by atoms with Gasteiger partial charge in [0.1, 0.15) is 10.6 Å². The van der Waals surface area contributed by atoms with Gasteiger partial charge in [-0.2, -0.15) is 5.10 Å². The smallest absolute Gasteiger partial charge is 0.243 e. The first-order valence-corrected chi connectivity index (χ1v) is 7.89. The minimum atomic E-state index is -3.61. The normalized spacial score (nSPS) is 11.5. The lowest BCUT2D eigenvalue weighted by molar-refractivity contribution is 0.409. The maximum absolute atomic E-state index is 12.2. The third-order valence-electron chi connectivity index (χ3n) is 2.92. The van der Waals surface area contributed by atoms with Crippen LogP contribution in [0.1, 0.15) is 5.56 Å². The van der Waals surface area contributed by atoms with Crippen molar-refractivity contribution in [2.75, 3.05) is 13.7 Å². The Morgan fingerprint density at radius 3 is 2.86 bits per heavy atom. The SMILES string of the molecule is COc1ccccc1CNS(=O)(=O)c1cnn(CCN)c1. The van der Waals surface area contributed by atoms with Crippen LogP contribution in [0.5, 0.6) is 5.75 Å². The summed E-state index contributed by atoms with van der Waals surface area (Å²) in [6, 6.07) is 7.24. The Kier molecular flexibility index (Phi) is 4.94. The first-order chi connectivity index (χ1) is 10.1. The van der Waals surface area contributed by atoms with E-state index in [1.807, 2.05) is 12.1 Å². The van der Waals surface area contributed by atoms with Gasteiger partial charge < -0.3 is 10.5 Å². The van der Waals surface area contributed by atoms with Crippen molar-refractivity contribution < 1.29 is 13.2 Å². The first kappa shape index (κ1) is 15.5.